The summed E-state index contributed by atoms with van der Waals surface area (Å²) < 4.78 is 10.2. The van der Waals surface area contributed by atoms with Crippen LogP contribution in [0.15, 0.2) is 29.4 Å². The second-order valence-corrected chi connectivity index (χ2v) is 4.91. The molecular formula is C17H25N3O4. The maximum absolute atomic E-state index is 11.9. The number of hydrazone groups is 1. The van der Waals surface area contributed by atoms with Crippen LogP contribution in [0.2, 0.25) is 0 Å². The van der Waals surface area contributed by atoms with E-state index in [-0.39, 0.29) is 12.5 Å². The summed E-state index contributed by atoms with van der Waals surface area (Å²) in [7, 11) is 0. The number of ether oxygens (including phenoxy) is 2. The van der Waals surface area contributed by atoms with Crippen molar-refractivity contribution in [3.63, 3.8) is 0 Å². The molecule has 1 aromatic rings. The normalized spacial score (nSPS) is 10.9. The molecule has 0 saturated heterocycles. The fraction of sp³-hybridized carbons (Fsp3) is 0.471. The molecule has 7 nitrogen and oxygen atoms in total. The van der Waals surface area contributed by atoms with Crippen molar-refractivity contribution >= 4 is 17.7 Å². The van der Waals surface area contributed by atoms with Crippen molar-refractivity contribution in [3.05, 3.63) is 29.8 Å². The number of nitrogens with one attached hydrogen (secondary N) is 1. The summed E-state index contributed by atoms with van der Waals surface area (Å²) in [6.45, 7) is 9.00. The van der Waals surface area contributed by atoms with Gasteiger partial charge in [0, 0.05) is 13.1 Å². The third kappa shape index (κ3) is 6.28. The van der Waals surface area contributed by atoms with Crippen molar-refractivity contribution in [2.45, 2.75) is 27.7 Å². The van der Waals surface area contributed by atoms with Gasteiger partial charge in [-0.05, 0) is 57.5 Å². The summed E-state index contributed by atoms with van der Waals surface area (Å²) in [5, 5.41) is 3.95. The predicted octanol–water partition coefficient (Wildman–Crippen LogP) is 2.40. The van der Waals surface area contributed by atoms with E-state index in [2.05, 4.69) is 10.5 Å². The highest BCUT2D eigenvalue weighted by atomic mass is 16.5. The lowest BCUT2D eigenvalue weighted by atomic mass is 10.1. The van der Waals surface area contributed by atoms with E-state index >= 15 is 0 Å². The number of likely N-dealkylation sites (N-methyl/N-ethyl adjacent to an activating group) is 1. The van der Waals surface area contributed by atoms with Gasteiger partial charge in [-0.3, -0.25) is 4.79 Å². The van der Waals surface area contributed by atoms with Crippen molar-refractivity contribution in [1.29, 1.82) is 0 Å². The van der Waals surface area contributed by atoms with Gasteiger partial charge in [-0.25, -0.2) is 10.2 Å². The van der Waals surface area contributed by atoms with E-state index in [4.69, 9.17) is 9.47 Å². The molecule has 0 aliphatic heterocycles. The minimum atomic E-state index is -0.591. The number of benzene rings is 1. The minimum absolute atomic E-state index is 0.0124. The van der Waals surface area contributed by atoms with Crippen LogP contribution in [0.3, 0.4) is 0 Å². The van der Waals surface area contributed by atoms with Gasteiger partial charge in [0.2, 0.25) is 0 Å². The van der Waals surface area contributed by atoms with E-state index in [1.54, 1.807) is 30.9 Å². The molecule has 0 unspecified atom stereocenters. The fourth-order valence-electron chi connectivity index (χ4n) is 1.96. The maximum atomic E-state index is 11.9. The molecule has 2 amide bonds. The molecule has 0 bridgehead atoms. The standard InChI is InChI=1S/C17H25N3O4/c1-5-20(6-2)16(21)12-24-15-10-8-14(9-11-15)13(4)18-19-17(22)23-7-3/h8-11H,5-7,12H2,1-4H3,(H,19,22)/b18-13-. The number of hydrogen-bond donors (Lipinski definition) is 1. The average Bonchev–Trinajstić information content (AvgIpc) is 2.59. The van der Waals surface area contributed by atoms with Gasteiger partial charge in [0.15, 0.2) is 6.61 Å². The molecule has 0 fully saturated rings. The van der Waals surface area contributed by atoms with E-state index in [1.165, 1.54) is 0 Å². The van der Waals surface area contributed by atoms with Crippen LogP contribution in [-0.4, -0.2) is 48.9 Å². The SMILES string of the molecule is CCOC(=O)N/N=C(/C)c1ccc(OCC(=O)N(CC)CC)cc1. The van der Waals surface area contributed by atoms with E-state index in [9.17, 15) is 9.59 Å². The summed E-state index contributed by atoms with van der Waals surface area (Å²) in [5.74, 6) is 0.561. The Labute approximate surface area is 142 Å². The monoisotopic (exact) mass is 335 g/mol. The first-order valence-electron chi connectivity index (χ1n) is 7.99. The van der Waals surface area contributed by atoms with Crippen molar-refractivity contribution in [2.24, 2.45) is 5.10 Å². The second-order valence-electron chi connectivity index (χ2n) is 4.91. The highest BCUT2D eigenvalue weighted by Crippen LogP contribution is 2.13. The molecular weight excluding hydrogens is 310 g/mol. The molecule has 0 atom stereocenters. The van der Waals surface area contributed by atoms with Crippen LogP contribution in [0.25, 0.3) is 0 Å². The van der Waals surface area contributed by atoms with Gasteiger partial charge < -0.3 is 14.4 Å². The van der Waals surface area contributed by atoms with Crippen LogP contribution in [0, 0.1) is 0 Å². The lowest BCUT2D eigenvalue weighted by Crippen LogP contribution is -2.34. The molecule has 0 aromatic heterocycles. The summed E-state index contributed by atoms with van der Waals surface area (Å²) >= 11 is 0. The molecule has 1 N–H and O–H groups in total. The summed E-state index contributed by atoms with van der Waals surface area (Å²) in [5.41, 5.74) is 3.77. The van der Waals surface area contributed by atoms with Crippen LogP contribution in [0.4, 0.5) is 4.79 Å². The molecule has 24 heavy (non-hydrogen) atoms. The highest BCUT2D eigenvalue weighted by molar-refractivity contribution is 5.99. The van der Waals surface area contributed by atoms with Crippen molar-refractivity contribution < 1.29 is 19.1 Å². The van der Waals surface area contributed by atoms with Gasteiger partial charge in [-0.15, -0.1) is 0 Å². The Morgan fingerprint density at radius 3 is 2.29 bits per heavy atom. The summed E-state index contributed by atoms with van der Waals surface area (Å²) in [4.78, 5) is 24.8. The first-order chi connectivity index (χ1) is 11.5. The number of nitrogens with zero attached hydrogens (tertiary/aromatic N) is 2. The summed E-state index contributed by atoms with van der Waals surface area (Å²) in [6, 6.07) is 7.13. The smallest absolute Gasteiger partial charge is 0.427 e. The van der Waals surface area contributed by atoms with Gasteiger partial charge in [-0.2, -0.15) is 5.10 Å². The van der Waals surface area contributed by atoms with Crippen molar-refractivity contribution in [1.82, 2.24) is 10.3 Å². The molecule has 132 valence electrons. The average molecular weight is 335 g/mol. The highest BCUT2D eigenvalue weighted by Gasteiger charge is 2.10. The van der Waals surface area contributed by atoms with Crippen molar-refractivity contribution in [2.75, 3.05) is 26.3 Å². The topological polar surface area (TPSA) is 80.2 Å². The maximum Gasteiger partial charge on any atom is 0.427 e. The van der Waals surface area contributed by atoms with Crippen LogP contribution in [-0.2, 0) is 9.53 Å². The molecule has 1 rings (SSSR count). The second kappa shape index (κ2) is 10.3. The molecule has 0 saturated carbocycles. The molecule has 0 radical (unpaired) electrons. The van der Waals surface area contributed by atoms with Crippen LogP contribution in [0.1, 0.15) is 33.3 Å². The Morgan fingerprint density at radius 2 is 1.75 bits per heavy atom. The molecule has 7 heteroatoms. The van der Waals surface area contributed by atoms with Gasteiger partial charge in [0.05, 0.1) is 12.3 Å². The number of amides is 2. The first kappa shape index (κ1) is 19.5. The minimum Gasteiger partial charge on any atom is -0.484 e. The Balaban J connectivity index is 2.57. The van der Waals surface area contributed by atoms with E-state index in [0.29, 0.717) is 31.2 Å². The predicted molar refractivity (Wildman–Crippen MR) is 92.2 cm³/mol. The van der Waals surface area contributed by atoms with E-state index in [1.807, 2.05) is 26.0 Å². The lowest BCUT2D eigenvalue weighted by Gasteiger charge is -2.18. The van der Waals surface area contributed by atoms with Crippen LogP contribution < -0.4 is 10.2 Å². The van der Waals surface area contributed by atoms with Gasteiger partial charge in [0.25, 0.3) is 5.91 Å². The Kier molecular flexibility index (Phi) is 8.32. The largest absolute Gasteiger partial charge is 0.484 e. The van der Waals surface area contributed by atoms with Crippen LogP contribution in [0.5, 0.6) is 5.75 Å². The van der Waals surface area contributed by atoms with E-state index < -0.39 is 6.09 Å². The fourth-order valence-corrected chi connectivity index (χ4v) is 1.96. The number of carbonyl (C=O) groups is 2. The molecule has 1 aromatic carbocycles. The third-order valence-electron chi connectivity index (χ3n) is 3.34. The van der Waals surface area contributed by atoms with Crippen molar-refractivity contribution in [3.8, 4) is 5.75 Å². The van der Waals surface area contributed by atoms with Gasteiger partial charge >= 0.3 is 6.09 Å². The molecule has 0 aliphatic rings. The van der Waals surface area contributed by atoms with Gasteiger partial charge in [-0.1, -0.05) is 0 Å². The number of rotatable bonds is 8. The Hall–Kier alpha value is -2.57. The first-order valence-corrected chi connectivity index (χ1v) is 7.99. The summed E-state index contributed by atoms with van der Waals surface area (Å²) in [6.07, 6.45) is -0.591. The zero-order chi connectivity index (χ0) is 17.9. The Morgan fingerprint density at radius 1 is 1.12 bits per heavy atom. The van der Waals surface area contributed by atoms with Crippen LogP contribution >= 0.6 is 0 Å². The van der Waals surface area contributed by atoms with Gasteiger partial charge in [0.1, 0.15) is 5.75 Å². The molecule has 0 spiro atoms. The zero-order valence-electron chi connectivity index (χ0n) is 14.7. The molecule has 0 heterocycles. The number of carbonyl (C=O) groups excluding carboxylic acids is 2. The lowest BCUT2D eigenvalue weighted by molar-refractivity contribution is -0.132. The zero-order valence-corrected chi connectivity index (χ0v) is 14.7. The Bertz CT molecular complexity index is 566. The third-order valence-corrected chi connectivity index (χ3v) is 3.34. The molecule has 0 aliphatic carbocycles. The van der Waals surface area contributed by atoms with E-state index in [0.717, 1.165) is 5.56 Å². The quantitative estimate of drug-likeness (QED) is 0.584. The number of hydrogen-bond acceptors (Lipinski definition) is 5.